The molecule has 8 nitrogen and oxygen atoms in total. The Kier molecular flexibility index (Phi) is 6.64. The number of nitrogens with zero attached hydrogens (tertiary/aromatic N) is 5. The molecule has 0 spiro atoms. The molecule has 2 aromatic carbocycles. The van der Waals surface area contributed by atoms with Crippen molar-refractivity contribution in [2.24, 2.45) is 7.05 Å². The van der Waals surface area contributed by atoms with Crippen LogP contribution in [-0.4, -0.2) is 55.6 Å². The number of carbonyl (C=O) groups excluding carboxylic acids is 2. The molecule has 0 unspecified atom stereocenters. The van der Waals surface area contributed by atoms with Crippen molar-refractivity contribution < 1.29 is 9.59 Å². The van der Waals surface area contributed by atoms with E-state index in [1.165, 1.54) is 4.68 Å². The van der Waals surface area contributed by atoms with Gasteiger partial charge in [-0.3, -0.25) is 24.2 Å². The number of aromatic nitrogens is 4. The predicted molar refractivity (Wildman–Crippen MR) is 138 cm³/mol. The molecule has 5 rings (SSSR count). The maximum atomic E-state index is 13.5. The van der Waals surface area contributed by atoms with Gasteiger partial charge in [-0.1, -0.05) is 53.5 Å². The number of piperidine rings is 1. The zero-order chi connectivity index (χ0) is 25.4. The fourth-order valence-corrected chi connectivity index (χ4v) is 5.34. The summed E-state index contributed by atoms with van der Waals surface area (Å²) in [6.07, 6.45) is 3.72. The summed E-state index contributed by atoms with van der Waals surface area (Å²) in [4.78, 5) is 37.1. The van der Waals surface area contributed by atoms with Crippen LogP contribution in [-0.2, 0) is 7.05 Å². The predicted octanol–water partition coefficient (Wildman–Crippen LogP) is 4.41. The highest BCUT2D eigenvalue weighted by Crippen LogP contribution is 2.30. The molecule has 1 saturated heterocycles. The summed E-state index contributed by atoms with van der Waals surface area (Å²) < 4.78 is 1.49. The summed E-state index contributed by atoms with van der Waals surface area (Å²) in [6, 6.07) is 13.1. The van der Waals surface area contributed by atoms with Crippen LogP contribution in [0.4, 0.5) is 0 Å². The molecule has 4 aromatic rings. The normalized spacial score (nSPS) is 17.8. The molecular formula is C26H24Cl2N6O2. The first-order valence-electron chi connectivity index (χ1n) is 11.6. The summed E-state index contributed by atoms with van der Waals surface area (Å²) in [5, 5.41) is 8.09. The number of hydrogen-bond donors (Lipinski definition) is 1. The van der Waals surface area contributed by atoms with Gasteiger partial charge in [0.25, 0.3) is 11.8 Å². The van der Waals surface area contributed by atoms with Crippen molar-refractivity contribution in [3.05, 3.63) is 87.4 Å². The van der Waals surface area contributed by atoms with Gasteiger partial charge in [0.1, 0.15) is 10.7 Å². The van der Waals surface area contributed by atoms with Crippen LogP contribution in [0.3, 0.4) is 0 Å². The monoisotopic (exact) mass is 522 g/mol. The van der Waals surface area contributed by atoms with E-state index < -0.39 is 0 Å². The number of aryl methyl sites for hydroxylation is 2. The van der Waals surface area contributed by atoms with Crippen LogP contribution >= 0.6 is 23.2 Å². The minimum Gasteiger partial charge on any atom is -0.348 e. The SMILES string of the molecule is Cc1nn(C)c(Cl)c1C(=O)N[C@@H]1CCN(C(=O)c2cc(Cl)c3nccnc3c2)C[C@@H]1c1ccccc1. The largest absolute Gasteiger partial charge is 0.348 e. The van der Waals surface area contributed by atoms with Gasteiger partial charge in [0, 0.05) is 50.1 Å². The second kappa shape index (κ2) is 9.87. The van der Waals surface area contributed by atoms with Gasteiger partial charge in [-0.2, -0.15) is 5.10 Å². The molecule has 0 saturated carbocycles. The van der Waals surface area contributed by atoms with Crippen LogP contribution in [0, 0.1) is 6.92 Å². The molecule has 10 heteroatoms. The fraction of sp³-hybridized carbons (Fsp3) is 0.269. The Hall–Kier alpha value is -3.49. The van der Waals surface area contributed by atoms with Gasteiger partial charge in [0.05, 0.1) is 21.8 Å². The van der Waals surface area contributed by atoms with Crippen LogP contribution in [0.15, 0.2) is 54.9 Å². The molecule has 2 atom stereocenters. The minimum absolute atomic E-state index is 0.112. The molecule has 3 heterocycles. The standard InChI is InChI=1S/C26H24Cl2N6O2/c1-15-22(24(28)33(2)32-15)25(35)31-20-8-11-34(14-18(20)16-6-4-3-5-7-16)26(36)17-12-19(27)23-21(13-17)29-9-10-30-23/h3-7,9-10,12-13,18,20H,8,11,14H2,1-2H3,(H,31,35)/t18-,20-/m1/s1. The lowest BCUT2D eigenvalue weighted by molar-refractivity contribution is 0.0671. The summed E-state index contributed by atoms with van der Waals surface area (Å²) in [5.74, 6) is -0.517. The first kappa shape index (κ1) is 24.2. The molecule has 0 radical (unpaired) electrons. The molecule has 1 aliphatic heterocycles. The second-order valence-electron chi connectivity index (χ2n) is 8.89. The molecule has 1 fully saturated rings. The highest BCUT2D eigenvalue weighted by molar-refractivity contribution is 6.35. The van der Waals surface area contributed by atoms with Crippen LogP contribution in [0.5, 0.6) is 0 Å². The number of halogens is 2. The van der Waals surface area contributed by atoms with Crippen molar-refractivity contribution >= 4 is 46.0 Å². The van der Waals surface area contributed by atoms with Gasteiger partial charge < -0.3 is 10.2 Å². The third-order valence-electron chi connectivity index (χ3n) is 6.60. The average Bonchev–Trinajstić information content (AvgIpc) is 3.15. The Morgan fingerprint density at radius 2 is 1.83 bits per heavy atom. The number of carbonyl (C=O) groups is 2. The number of likely N-dealkylation sites (tertiary alicyclic amines) is 1. The van der Waals surface area contributed by atoms with Crippen molar-refractivity contribution in [3.63, 3.8) is 0 Å². The lowest BCUT2D eigenvalue weighted by Gasteiger charge is -2.39. The molecule has 1 N–H and O–H groups in total. The summed E-state index contributed by atoms with van der Waals surface area (Å²) >= 11 is 12.7. The van der Waals surface area contributed by atoms with Crippen LogP contribution in [0.25, 0.3) is 11.0 Å². The molecule has 0 bridgehead atoms. The van der Waals surface area contributed by atoms with Gasteiger partial charge in [0.2, 0.25) is 0 Å². The topological polar surface area (TPSA) is 93.0 Å². The number of nitrogens with one attached hydrogen (secondary N) is 1. The van der Waals surface area contributed by atoms with E-state index in [4.69, 9.17) is 23.2 Å². The van der Waals surface area contributed by atoms with Crippen molar-refractivity contribution in [1.29, 1.82) is 0 Å². The average molecular weight is 523 g/mol. The van der Waals surface area contributed by atoms with Crippen molar-refractivity contribution in [2.45, 2.75) is 25.3 Å². The molecular weight excluding hydrogens is 499 g/mol. The maximum Gasteiger partial charge on any atom is 0.256 e. The first-order chi connectivity index (χ1) is 17.3. The quantitative estimate of drug-likeness (QED) is 0.428. The van der Waals surface area contributed by atoms with Gasteiger partial charge >= 0.3 is 0 Å². The Labute approximate surface area is 218 Å². The zero-order valence-corrected chi connectivity index (χ0v) is 21.3. The molecule has 184 valence electrons. The first-order valence-corrected chi connectivity index (χ1v) is 12.3. The van der Waals surface area contributed by atoms with Crippen LogP contribution in [0.2, 0.25) is 10.2 Å². The third kappa shape index (κ3) is 4.54. The van der Waals surface area contributed by atoms with E-state index >= 15 is 0 Å². The lowest BCUT2D eigenvalue weighted by Crippen LogP contribution is -2.51. The second-order valence-corrected chi connectivity index (χ2v) is 9.66. The van der Waals surface area contributed by atoms with Gasteiger partial charge in [-0.25, -0.2) is 0 Å². The smallest absolute Gasteiger partial charge is 0.256 e. The summed E-state index contributed by atoms with van der Waals surface area (Å²) in [5.41, 5.74) is 3.57. The Balaban J connectivity index is 1.41. The Morgan fingerprint density at radius 3 is 2.56 bits per heavy atom. The highest BCUT2D eigenvalue weighted by atomic mass is 35.5. The number of hydrogen-bond acceptors (Lipinski definition) is 5. The molecule has 0 aliphatic carbocycles. The summed E-state index contributed by atoms with van der Waals surface area (Å²) in [6.45, 7) is 2.67. The zero-order valence-electron chi connectivity index (χ0n) is 19.8. The molecule has 1 aliphatic rings. The van der Waals surface area contributed by atoms with Crippen molar-refractivity contribution in [1.82, 2.24) is 30.0 Å². The lowest BCUT2D eigenvalue weighted by atomic mass is 9.85. The molecule has 2 aromatic heterocycles. The Morgan fingerprint density at radius 1 is 1.08 bits per heavy atom. The van der Waals surface area contributed by atoms with E-state index in [1.807, 2.05) is 30.3 Å². The minimum atomic E-state index is -0.267. The van der Waals surface area contributed by atoms with Gasteiger partial charge in [-0.15, -0.1) is 0 Å². The number of amides is 2. The van der Waals surface area contributed by atoms with E-state index in [-0.39, 0.29) is 23.8 Å². The van der Waals surface area contributed by atoms with Crippen LogP contribution < -0.4 is 5.32 Å². The van der Waals surface area contributed by atoms with E-state index in [0.29, 0.717) is 57.5 Å². The number of fused-ring (bicyclic) bond motifs is 1. The number of benzene rings is 2. The number of rotatable bonds is 4. The van der Waals surface area contributed by atoms with Gasteiger partial charge in [0.15, 0.2) is 0 Å². The van der Waals surface area contributed by atoms with E-state index in [9.17, 15) is 9.59 Å². The van der Waals surface area contributed by atoms with Crippen molar-refractivity contribution in [2.75, 3.05) is 13.1 Å². The van der Waals surface area contributed by atoms with Crippen LogP contribution in [0.1, 0.15) is 44.3 Å². The Bertz CT molecular complexity index is 1460. The maximum absolute atomic E-state index is 13.5. The fourth-order valence-electron chi connectivity index (χ4n) is 4.81. The molecule has 36 heavy (non-hydrogen) atoms. The van der Waals surface area contributed by atoms with E-state index in [1.54, 1.807) is 43.4 Å². The van der Waals surface area contributed by atoms with E-state index in [0.717, 1.165) is 5.56 Å². The third-order valence-corrected chi connectivity index (χ3v) is 7.32. The van der Waals surface area contributed by atoms with Crippen molar-refractivity contribution in [3.8, 4) is 0 Å². The summed E-state index contributed by atoms with van der Waals surface area (Å²) in [7, 11) is 1.70. The van der Waals surface area contributed by atoms with E-state index in [2.05, 4.69) is 20.4 Å². The van der Waals surface area contributed by atoms with Gasteiger partial charge in [-0.05, 0) is 31.0 Å². The highest BCUT2D eigenvalue weighted by Gasteiger charge is 2.35. The molecule has 2 amide bonds.